The van der Waals surface area contributed by atoms with Crippen molar-refractivity contribution in [1.82, 2.24) is 19.7 Å². The third-order valence-corrected chi connectivity index (χ3v) is 6.88. The maximum Gasteiger partial charge on any atom is 0.0312 e. The molecule has 2 aliphatic heterocycles. The molecule has 0 saturated carbocycles. The van der Waals surface area contributed by atoms with Gasteiger partial charge < -0.3 is 4.90 Å². The maximum atomic E-state index is 4.26. The number of rotatable bonds is 7. The molecule has 1 aromatic heterocycles. The Bertz CT molecular complexity index is 712. The third kappa shape index (κ3) is 5.88. The summed E-state index contributed by atoms with van der Waals surface area (Å²) in [5, 5.41) is 0. The highest BCUT2D eigenvalue weighted by atomic mass is 15.2. The lowest BCUT2D eigenvalue weighted by Crippen LogP contribution is -2.52. The van der Waals surface area contributed by atoms with Crippen LogP contribution in [0.15, 0.2) is 54.9 Å². The van der Waals surface area contributed by atoms with E-state index in [2.05, 4.69) is 63.1 Å². The first kappa shape index (κ1) is 20.5. The van der Waals surface area contributed by atoms with E-state index in [1.165, 1.54) is 76.0 Å². The minimum absolute atomic E-state index is 0.717. The predicted octanol–water partition coefficient (Wildman–Crippen LogP) is 3.68. The van der Waals surface area contributed by atoms with E-state index in [0.717, 1.165) is 18.6 Å². The molecule has 0 N–H and O–H groups in total. The summed E-state index contributed by atoms with van der Waals surface area (Å²) in [5.74, 6) is 0. The topological polar surface area (TPSA) is 22.6 Å². The first-order valence-corrected chi connectivity index (χ1v) is 11.4. The van der Waals surface area contributed by atoms with Gasteiger partial charge in [0.25, 0.3) is 0 Å². The summed E-state index contributed by atoms with van der Waals surface area (Å²) >= 11 is 0. The van der Waals surface area contributed by atoms with Gasteiger partial charge in [-0.05, 0) is 76.0 Å². The van der Waals surface area contributed by atoms with Crippen LogP contribution in [0, 0.1) is 0 Å². The van der Waals surface area contributed by atoms with Crippen molar-refractivity contribution in [1.29, 1.82) is 0 Å². The van der Waals surface area contributed by atoms with Crippen molar-refractivity contribution < 1.29 is 0 Å². The molecule has 2 saturated heterocycles. The van der Waals surface area contributed by atoms with Gasteiger partial charge in [-0.25, -0.2) is 0 Å². The molecule has 2 aliphatic rings. The SMILES string of the molecule is CN(C1CCN(Cc2cccnc2)CC1)[C@@H]1CCCN(CCc2ccccc2)C1. The van der Waals surface area contributed by atoms with Crippen LogP contribution in [0.2, 0.25) is 0 Å². The van der Waals surface area contributed by atoms with E-state index in [-0.39, 0.29) is 0 Å². The quantitative estimate of drug-likeness (QED) is 0.717. The molecule has 2 fully saturated rings. The second-order valence-electron chi connectivity index (χ2n) is 8.87. The Morgan fingerprint density at radius 1 is 0.897 bits per heavy atom. The van der Waals surface area contributed by atoms with Crippen LogP contribution in [0.4, 0.5) is 0 Å². The monoisotopic (exact) mass is 392 g/mol. The van der Waals surface area contributed by atoms with Crippen LogP contribution < -0.4 is 0 Å². The van der Waals surface area contributed by atoms with Gasteiger partial charge >= 0.3 is 0 Å². The number of hydrogen-bond donors (Lipinski definition) is 0. The Labute approximate surface area is 176 Å². The van der Waals surface area contributed by atoms with E-state index < -0.39 is 0 Å². The number of piperidine rings is 2. The van der Waals surface area contributed by atoms with Crippen molar-refractivity contribution in [2.45, 2.75) is 50.7 Å². The van der Waals surface area contributed by atoms with E-state index in [4.69, 9.17) is 0 Å². The molecule has 1 atom stereocenters. The number of benzene rings is 1. The van der Waals surface area contributed by atoms with Crippen molar-refractivity contribution >= 4 is 0 Å². The highest BCUT2D eigenvalue weighted by Crippen LogP contribution is 2.23. The average molecular weight is 393 g/mol. The van der Waals surface area contributed by atoms with Crippen molar-refractivity contribution in [3.63, 3.8) is 0 Å². The van der Waals surface area contributed by atoms with Crippen molar-refractivity contribution in [2.24, 2.45) is 0 Å². The number of hydrogen-bond acceptors (Lipinski definition) is 4. The van der Waals surface area contributed by atoms with E-state index >= 15 is 0 Å². The number of likely N-dealkylation sites (tertiary alicyclic amines) is 2. The summed E-state index contributed by atoms with van der Waals surface area (Å²) < 4.78 is 0. The molecule has 0 radical (unpaired) electrons. The van der Waals surface area contributed by atoms with Crippen LogP contribution in [-0.2, 0) is 13.0 Å². The maximum absolute atomic E-state index is 4.26. The van der Waals surface area contributed by atoms with E-state index in [1.54, 1.807) is 0 Å². The molecule has 0 amide bonds. The van der Waals surface area contributed by atoms with Gasteiger partial charge in [0.05, 0.1) is 0 Å². The molecule has 29 heavy (non-hydrogen) atoms. The summed E-state index contributed by atoms with van der Waals surface area (Å²) in [7, 11) is 2.38. The molecular formula is C25H36N4. The molecule has 1 aromatic carbocycles. The Balaban J connectivity index is 1.22. The molecule has 4 rings (SSSR count). The zero-order chi connectivity index (χ0) is 19.9. The lowest BCUT2D eigenvalue weighted by molar-refractivity contribution is 0.0528. The highest BCUT2D eigenvalue weighted by molar-refractivity contribution is 5.15. The highest BCUT2D eigenvalue weighted by Gasteiger charge is 2.29. The molecule has 4 nitrogen and oxygen atoms in total. The lowest BCUT2D eigenvalue weighted by Gasteiger charge is -2.44. The van der Waals surface area contributed by atoms with Crippen LogP contribution in [0.3, 0.4) is 0 Å². The minimum atomic E-state index is 0.717. The Kier molecular flexibility index (Phi) is 7.31. The van der Waals surface area contributed by atoms with E-state index in [9.17, 15) is 0 Å². The van der Waals surface area contributed by atoms with E-state index in [1.807, 2.05) is 18.5 Å². The molecule has 156 valence electrons. The Morgan fingerprint density at radius 3 is 2.45 bits per heavy atom. The van der Waals surface area contributed by atoms with Crippen molar-refractivity contribution in [2.75, 3.05) is 39.8 Å². The van der Waals surface area contributed by atoms with Crippen LogP contribution in [0.5, 0.6) is 0 Å². The van der Waals surface area contributed by atoms with Gasteiger partial charge in [-0.1, -0.05) is 36.4 Å². The van der Waals surface area contributed by atoms with Crippen LogP contribution >= 0.6 is 0 Å². The fraction of sp³-hybridized carbons (Fsp3) is 0.560. The predicted molar refractivity (Wildman–Crippen MR) is 120 cm³/mol. The van der Waals surface area contributed by atoms with Crippen molar-refractivity contribution in [3.05, 3.63) is 66.0 Å². The molecule has 0 spiro atoms. The largest absolute Gasteiger partial charge is 0.301 e. The molecule has 2 aromatic rings. The van der Waals surface area contributed by atoms with Gasteiger partial charge in [0.1, 0.15) is 0 Å². The fourth-order valence-electron chi connectivity index (χ4n) is 5.03. The van der Waals surface area contributed by atoms with Crippen LogP contribution in [0.1, 0.15) is 36.8 Å². The van der Waals surface area contributed by atoms with Gasteiger partial charge in [0, 0.05) is 44.1 Å². The second kappa shape index (κ2) is 10.3. The lowest BCUT2D eigenvalue weighted by atomic mass is 9.97. The third-order valence-electron chi connectivity index (χ3n) is 6.88. The standard InChI is InChI=1S/C25H36N4/c1-27(24-12-17-29(18-13-24)20-23-9-5-14-26-19-23)25-10-6-15-28(21-25)16-11-22-7-3-2-4-8-22/h2-5,7-9,14,19,24-25H,6,10-13,15-18,20-21H2,1H3/t25-/m1/s1. The summed E-state index contributed by atoms with van der Waals surface area (Å²) in [4.78, 5) is 12.3. The zero-order valence-corrected chi connectivity index (χ0v) is 17.9. The summed E-state index contributed by atoms with van der Waals surface area (Å²) in [5.41, 5.74) is 2.80. The fourth-order valence-corrected chi connectivity index (χ4v) is 5.03. The summed E-state index contributed by atoms with van der Waals surface area (Å²) in [6.07, 6.45) is 10.3. The average Bonchev–Trinajstić information content (AvgIpc) is 2.79. The molecule has 3 heterocycles. The summed E-state index contributed by atoms with van der Waals surface area (Å²) in [6, 6.07) is 16.6. The van der Waals surface area contributed by atoms with Gasteiger partial charge in [-0.3, -0.25) is 14.8 Å². The van der Waals surface area contributed by atoms with Crippen LogP contribution in [0.25, 0.3) is 0 Å². The van der Waals surface area contributed by atoms with Gasteiger partial charge in [-0.2, -0.15) is 0 Å². The second-order valence-corrected chi connectivity index (χ2v) is 8.87. The van der Waals surface area contributed by atoms with Gasteiger partial charge in [-0.15, -0.1) is 0 Å². The van der Waals surface area contributed by atoms with Crippen LogP contribution in [-0.4, -0.2) is 71.5 Å². The number of pyridine rings is 1. The number of likely N-dealkylation sites (N-methyl/N-ethyl adjacent to an activating group) is 1. The molecule has 0 aliphatic carbocycles. The first-order valence-electron chi connectivity index (χ1n) is 11.4. The Hall–Kier alpha value is -1.75. The zero-order valence-electron chi connectivity index (χ0n) is 17.9. The number of aromatic nitrogens is 1. The van der Waals surface area contributed by atoms with E-state index in [0.29, 0.717) is 0 Å². The normalized spacial score (nSPS) is 22.2. The van der Waals surface area contributed by atoms with Gasteiger partial charge in [0.2, 0.25) is 0 Å². The summed E-state index contributed by atoms with van der Waals surface area (Å²) in [6.45, 7) is 7.14. The number of nitrogens with zero attached hydrogens (tertiary/aromatic N) is 4. The minimum Gasteiger partial charge on any atom is -0.301 e. The van der Waals surface area contributed by atoms with Gasteiger partial charge in [0.15, 0.2) is 0 Å². The smallest absolute Gasteiger partial charge is 0.0312 e. The molecule has 0 bridgehead atoms. The molecule has 0 unspecified atom stereocenters. The molecular weight excluding hydrogens is 356 g/mol. The van der Waals surface area contributed by atoms with Crippen molar-refractivity contribution in [3.8, 4) is 0 Å². The first-order chi connectivity index (χ1) is 14.3. The molecule has 4 heteroatoms. The Morgan fingerprint density at radius 2 is 1.69 bits per heavy atom.